The molecule has 26 heavy (non-hydrogen) atoms. The number of rotatable bonds is 12. The molecular formula is C22H32Cl2O2. The van der Waals surface area contributed by atoms with Gasteiger partial charge >= 0.3 is 0 Å². The van der Waals surface area contributed by atoms with Gasteiger partial charge in [-0.3, -0.25) is 0 Å². The van der Waals surface area contributed by atoms with E-state index >= 15 is 0 Å². The van der Waals surface area contributed by atoms with Gasteiger partial charge in [0.25, 0.3) is 0 Å². The molecule has 1 aromatic rings. The number of benzene rings is 1. The summed E-state index contributed by atoms with van der Waals surface area (Å²) in [6.45, 7) is 4.24. The van der Waals surface area contributed by atoms with E-state index in [4.69, 9.17) is 23.2 Å². The van der Waals surface area contributed by atoms with E-state index in [9.17, 15) is 10.2 Å². The van der Waals surface area contributed by atoms with E-state index < -0.39 is 0 Å². The van der Waals surface area contributed by atoms with Gasteiger partial charge in [0.1, 0.15) is 0 Å². The summed E-state index contributed by atoms with van der Waals surface area (Å²) in [6.07, 6.45) is 5.61. The van der Waals surface area contributed by atoms with Crippen LogP contribution in [0.1, 0.15) is 51.5 Å². The van der Waals surface area contributed by atoms with Gasteiger partial charge in [0.2, 0.25) is 0 Å². The number of aliphatic hydroxyl groups is 2. The Morgan fingerprint density at radius 2 is 1.77 bits per heavy atom. The summed E-state index contributed by atoms with van der Waals surface area (Å²) in [5.74, 6) is 0.665. The summed E-state index contributed by atoms with van der Waals surface area (Å²) >= 11 is 11.5. The van der Waals surface area contributed by atoms with Crippen LogP contribution in [0.15, 0.2) is 53.1 Å². The Bertz CT molecular complexity index is 542. The van der Waals surface area contributed by atoms with Crippen LogP contribution >= 0.6 is 23.2 Å². The molecule has 0 unspecified atom stereocenters. The van der Waals surface area contributed by atoms with E-state index in [2.05, 4.69) is 26.0 Å². The molecule has 0 bridgehead atoms. The van der Waals surface area contributed by atoms with Crippen LogP contribution in [0.4, 0.5) is 0 Å². The Morgan fingerprint density at radius 3 is 2.38 bits per heavy atom. The van der Waals surface area contributed by atoms with Crippen molar-refractivity contribution in [2.75, 3.05) is 0 Å². The second-order valence-corrected chi connectivity index (χ2v) is 7.82. The van der Waals surface area contributed by atoms with Crippen LogP contribution in [0.2, 0.25) is 0 Å². The van der Waals surface area contributed by atoms with Crippen LogP contribution in [0.5, 0.6) is 0 Å². The van der Waals surface area contributed by atoms with E-state index in [1.54, 1.807) is 11.6 Å². The molecule has 1 rings (SSSR count). The highest BCUT2D eigenvalue weighted by atomic mass is 35.5. The van der Waals surface area contributed by atoms with Crippen molar-refractivity contribution >= 4 is 23.2 Å². The van der Waals surface area contributed by atoms with Gasteiger partial charge in [-0.2, -0.15) is 0 Å². The van der Waals surface area contributed by atoms with Crippen molar-refractivity contribution in [2.45, 2.75) is 64.6 Å². The Kier molecular flexibility index (Phi) is 12.0. The molecule has 2 N–H and O–H groups in total. The van der Waals surface area contributed by atoms with Gasteiger partial charge in [0.15, 0.2) is 0 Å². The summed E-state index contributed by atoms with van der Waals surface area (Å²) in [6, 6.07) is 10.2. The van der Waals surface area contributed by atoms with Crippen LogP contribution in [-0.4, -0.2) is 22.4 Å². The Labute approximate surface area is 168 Å². The maximum Gasteiger partial charge on any atom is 0.0600 e. The summed E-state index contributed by atoms with van der Waals surface area (Å²) in [4.78, 5) is 0. The number of halogens is 2. The van der Waals surface area contributed by atoms with Gasteiger partial charge in [0, 0.05) is 11.1 Å². The summed E-state index contributed by atoms with van der Waals surface area (Å²) < 4.78 is 0. The molecule has 0 radical (unpaired) electrons. The number of aliphatic hydroxyl groups excluding tert-OH is 2. The van der Waals surface area contributed by atoms with Crippen molar-refractivity contribution in [3.63, 3.8) is 0 Å². The van der Waals surface area contributed by atoms with Crippen molar-refractivity contribution in [1.29, 1.82) is 0 Å². The van der Waals surface area contributed by atoms with Gasteiger partial charge in [-0.1, -0.05) is 79.0 Å². The molecule has 4 heteroatoms. The van der Waals surface area contributed by atoms with Crippen LogP contribution in [0, 0.1) is 11.8 Å². The zero-order valence-electron chi connectivity index (χ0n) is 15.8. The predicted molar refractivity (Wildman–Crippen MR) is 113 cm³/mol. The molecule has 146 valence electrons. The van der Waals surface area contributed by atoms with Gasteiger partial charge in [-0.05, 0) is 55.9 Å². The first-order valence-electron chi connectivity index (χ1n) is 9.39. The molecule has 2 nitrogen and oxygen atoms in total. The Hall–Kier alpha value is -0.800. The monoisotopic (exact) mass is 398 g/mol. The molecule has 0 heterocycles. The van der Waals surface area contributed by atoms with Gasteiger partial charge in [-0.25, -0.2) is 0 Å². The maximum atomic E-state index is 10.4. The number of hydrogen-bond donors (Lipinski definition) is 2. The molecule has 4 atom stereocenters. The van der Waals surface area contributed by atoms with Gasteiger partial charge < -0.3 is 10.2 Å². The molecule has 0 saturated carbocycles. The fraction of sp³-hybridized carbons (Fsp3) is 0.545. The van der Waals surface area contributed by atoms with Crippen molar-refractivity contribution in [1.82, 2.24) is 0 Å². The molecule has 0 saturated heterocycles. The molecule has 0 aromatic heterocycles. The lowest BCUT2D eigenvalue weighted by atomic mass is 9.87. The van der Waals surface area contributed by atoms with E-state index in [1.807, 2.05) is 18.2 Å². The van der Waals surface area contributed by atoms with E-state index in [-0.39, 0.29) is 18.1 Å². The SMILES string of the molecule is C[C@H](CC[C@@H](O)C/C(=C/Cl)Cc1ccccc1)C[C@@H](C)[C@@H](O)C/C=C/Cl. The van der Waals surface area contributed by atoms with Crippen LogP contribution < -0.4 is 0 Å². The third kappa shape index (κ3) is 9.78. The van der Waals surface area contributed by atoms with E-state index in [0.29, 0.717) is 18.8 Å². The molecular weight excluding hydrogens is 367 g/mol. The molecule has 0 fully saturated rings. The predicted octanol–water partition coefficient (Wildman–Crippen LogP) is 6.05. The average Bonchev–Trinajstić information content (AvgIpc) is 2.64. The largest absolute Gasteiger partial charge is 0.393 e. The first kappa shape index (κ1) is 23.2. The fourth-order valence-corrected chi connectivity index (χ4v) is 3.50. The third-order valence-corrected chi connectivity index (χ3v) is 5.30. The lowest BCUT2D eigenvalue weighted by molar-refractivity contribution is 0.101. The smallest absolute Gasteiger partial charge is 0.0600 e. The van der Waals surface area contributed by atoms with Crippen LogP contribution in [-0.2, 0) is 6.42 Å². The molecule has 0 amide bonds. The third-order valence-electron chi connectivity index (χ3n) is 4.82. The molecule has 0 spiro atoms. The maximum absolute atomic E-state index is 10.4. The summed E-state index contributed by atoms with van der Waals surface area (Å²) in [5.41, 5.74) is 5.30. The first-order valence-corrected chi connectivity index (χ1v) is 10.3. The number of hydrogen-bond acceptors (Lipinski definition) is 2. The molecule has 0 aliphatic heterocycles. The standard InChI is InChI=1S/C22H32Cl2O2/c1-17(13-18(2)22(26)9-6-12-23)10-11-21(25)15-20(16-24)14-19-7-4-3-5-8-19/h3-8,12,16-18,21-22,25-26H,9-11,13-15H2,1-2H3/b12-6+,20-16+/t17-,18-,21-,22+/m1/s1. The normalized spacial score (nSPS) is 17.2. The average molecular weight is 399 g/mol. The zero-order chi connectivity index (χ0) is 19.4. The Balaban J connectivity index is 2.34. The quantitative estimate of drug-likeness (QED) is 0.449. The van der Waals surface area contributed by atoms with Crippen LogP contribution in [0.25, 0.3) is 0 Å². The molecule has 1 aromatic carbocycles. The fourth-order valence-electron chi connectivity index (χ4n) is 3.23. The second-order valence-electron chi connectivity index (χ2n) is 7.35. The lowest BCUT2D eigenvalue weighted by Crippen LogP contribution is -2.20. The van der Waals surface area contributed by atoms with E-state index in [0.717, 1.165) is 31.3 Å². The molecule has 0 aliphatic carbocycles. The summed E-state index contributed by atoms with van der Waals surface area (Å²) in [5, 5.41) is 20.4. The first-order chi connectivity index (χ1) is 12.5. The second kappa shape index (κ2) is 13.4. The van der Waals surface area contributed by atoms with Crippen molar-refractivity contribution in [3.8, 4) is 0 Å². The van der Waals surface area contributed by atoms with Gasteiger partial charge in [-0.15, -0.1) is 0 Å². The van der Waals surface area contributed by atoms with Crippen molar-refractivity contribution in [3.05, 3.63) is 58.6 Å². The van der Waals surface area contributed by atoms with E-state index in [1.165, 1.54) is 11.1 Å². The molecule has 0 aliphatic rings. The van der Waals surface area contributed by atoms with Crippen molar-refractivity contribution in [2.24, 2.45) is 11.8 Å². The minimum absolute atomic E-state index is 0.214. The topological polar surface area (TPSA) is 40.5 Å². The zero-order valence-corrected chi connectivity index (χ0v) is 17.3. The summed E-state index contributed by atoms with van der Waals surface area (Å²) in [7, 11) is 0. The van der Waals surface area contributed by atoms with Crippen molar-refractivity contribution < 1.29 is 10.2 Å². The highest BCUT2D eigenvalue weighted by Crippen LogP contribution is 2.24. The highest BCUT2D eigenvalue weighted by molar-refractivity contribution is 6.25. The minimum atomic E-state index is -0.384. The lowest BCUT2D eigenvalue weighted by Gasteiger charge is -2.22. The minimum Gasteiger partial charge on any atom is -0.393 e. The highest BCUT2D eigenvalue weighted by Gasteiger charge is 2.17. The van der Waals surface area contributed by atoms with Gasteiger partial charge in [0.05, 0.1) is 12.2 Å². The van der Waals surface area contributed by atoms with Crippen LogP contribution in [0.3, 0.4) is 0 Å². The Morgan fingerprint density at radius 1 is 1.08 bits per heavy atom.